The summed E-state index contributed by atoms with van der Waals surface area (Å²) in [7, 11) is 0. The standard InChI is InChI=1S/C17H19N5O2S/c1-11-6-7-14(9-12(11)2)22-17(19-20-21-22)25-10-16(23)18-13(3)15-5-4-8-24-15/h4-9,13H,10H2,1-3H3,(H,18,23). The SMILES string of the molecule is Cc1ccc(-n2nnnc2SCC(=O)NC(C)c2ccco2)cc1C. The summed E-state index contributed by atoms with van der Waals surface area (Å²) in [5.74, 6) is 0.831. The Morgan fingerprint density at radius 1 is 1.32 bits per heavy atom. The summed E-state index contributed by atoms with van der Waals surface area (Å²) in [5.41, 5.74) is 3.24. The summed E-state index contributed by atoms with van der Waals surface area (Å²) >= 11 is 1.29. The quantitative estimate of drug-likeness (QED) is 0.683. The molecule has 0 bridgehead atoms. The fourth-order valence-electron chi connectivity index (χ4n) is 2.31. The van der Waals surface area contributed by atoms with Crippen LogP contribution < -0.4 is 5.32 Å². The highest BCUT2D eigenvalue weighted by Gasteiger charge is 2.15. The zero-order valence-electron chi connectivity index (χ0n) is 14.3. The lowest BCUT2D eigenvalue weighted by Crippen LogP contribution is -2.28. The lowest BCUT2D eigenvalue weighted by Gasteiger charge is -2.11. The number of carbonyl (C=O) groups is 1. The Balaban J connectivity index is 1.63. The highest BCUT2D eigenvalue weighted by Crippen LogP contribution is 2.20. The topological polar surface area (TPSA) is 85.8 Å². The third-order valence-electron chi connectivity index (χ3n) is 3.86. The van der Waals surface area contributed by atoms with Gasteiger partial charge in [0.1, 0.15) is 5.76 Å². The van der Waals surface area contributed by atoms with Crippen molar-refractivity contribution in [1.29, 1.82) is 0 Å². The average Bonchev–Trinajstić information content (AvgIpc) is 3.27. The minimum atomic E-state index is -0.182. The average molecular weight is 357 g/mol. The molecule has 0 aliphatic rings. The molecule has 7 nitrogen and oxygen atoms in total. The normalized spacial score (nSPS) is 12.1. The van der Waals surface area contributed by atoms with Gasteiger partial charge in [0.25, 0.3) is 0 Å². The van der Waals surface area contributed by atoms with Gasteiger partial charge in [-0.25, -0.2) is 0 Å². The van der Waals surface area contributed by atoms with Gasteiger partial charge in [-0.05, 0) is 66.6 Å². The van der Waals surface area contributed by atoms with Gasteiger partial charge in [0, 0.05) is 0 Å². The number of aryl methyl sites for hydroxylation is 2. The second-order valence-electron chi connectivity index (χ2n) is 5.74. The van der Waals surface area contributed by atoms with Crippen LogP contribution in [0.15, 0.2) is 46.2 Å². The number of hydrogen-bond acceptors (Lipinski definition) is 6. The van der Waals surface area contributed by atoms with E-state index < -0.39 is 0 Å². The maximum absolute atomic E-state index is 12.1. The van der Waals surface area contributed by atoms with Crippen molar-refractivity contribution in [3.05, 3.63) is 53.5 Å². The van der Waals surface area contributed by atoms with Crippen molar-refractivity contribution in [2.75, 3.05) is 5.75 Å². The molecule has 0 radical (unpaired) electrons. The third-order valence-corrected chi connectivity index (χ3v) is 4.78. The third kappa shape index (κ3) is 4.08. The van der Waals surface area contributed by atoms with Gasteiger partial charge in [0.2, 0.25) is 11.1 Å². The molecule has 0 spiro atoms. The summed E-state index contributed by atoms with van der Waals surface area (Å²) in [4.78, 5) is 12.1. The number of thioether (sulfide) groups is 1. The number of aromatic nitrogens is 4. The van der Waals surface area contributed by atoms with E-state index in [1.165, 1.54) is 17.3 Å². The molecule has 1 N–H and O–H groups in total. The van der Waals surface area contributed by atoms with Gasteiger partial charge in [-0.2, -0.15) is 4.68 Å². The number of furan rings is 1. The van der Waals surface area contributed by atoms with Gasteiger partial charge < -0.3 is 9.73 Å². The maximum atomic E-state index is 12.1. The summed E-state index contributed by atoms with van der Waals surface area (Å²) in [6, 6.07) is 9.46. The van der Waals surface area contributed by atoms with Gasteiger partial charge in [-0.3, -0.25) is 4.79 Å². The van der Waals surface area contributed by atoms with Gasteiger partial charge >= 0.3 is 0 Å². The van der Waals surface area contributed by atoms with Crippen molar-refractivity contribution in [3.63, 3.8) is 0 Å². The molecule has 0 saturated heterocycles. The second kappa shape index (κ2) is 7.52. The van der Waals surface area contributed by atoms with E-state index in [0.29, 0.717) is 5.16 Å². The Bertz CT molecular complexity index is 860. The predicted molar refractivity (Wildman–Crippen MR) is 94.6 cm³/mol. The Labute approximate surface area is 149 Å². The molecule has 1 amide bonds. The van der Waals surface area contributed by atoms with Gasteiger partial charge in [0.15, 0.2) is 0 Å². The summed E-state index contributed by atoms with van der Waals surface area (Å²) < 4.78 is 6.93. The molecular formula is C17H19N5O2S. The molecule has 1 atom stereocenters. The van der Waals surface area contributed by atoms with Crippen LogP contribution in [-0.2, 0) is 4.79 Å². The fraction of sp³-hybridized carbons (Fsp3) is 0.294. The van der Waals surface area contributed by atoms with Crippen LogP contribution in [0.3, 0.4) is 0 Å². The predicted octanol–water partition coefficient (Wildman–Crippen LogP) is 2.84. The van der Waals surface area contributed by atoms with Crippen molar-refractivity contribution in [3.8, 4) is 5.69 Å². The van der Waals surface area contributed by atoms with E-state index in [-0.39, 0.29) is 17.7 Å². The van der Waals surface area contributed by atoms with E-state index in [1.54, 1.807) is 17.0 Å². The lowest BCUT2D eigenvalue weighted by molar-refractivity contribution is -0.119. The summed E-state index contributed by atoms with van der Waals surface area (Å²) in [6.07, 6.45) is 1.59. The van der Waals surface area contributed by atoms with E-state index in [2.05, 4.69) is 27.8 Å². The Kier molecular flexibility index (Phi) is 5.18. The monoisotopic (exact) mass is 357 g/mol. The van der Waals surface area contributed by atoms with Crippen LogP contribution >= 0.6 is 11.8 Å². The molecule has 25 heavy (non-hydrogen) atoms. The molecule has 0 saturated carbocycles. The van der Waals surface area contributed by atoms with Crippen molar-refractivity contribution < 1.29 is 9.21 Å². The van der Waals surface area contributed by atoms with Gasteiger partial charge in [-0.1, -0.05) is 17.8 Å². The van der Waals surface area contributed by atoms with E-state index in [1.807, 2.05) is 38.1 Å². The second-order valence-corrected chi connectivity index (χ2v) is 6.68. The molecule has 3 aromatic rings. The molecule has 1 unspecified atom stereocenters. The van der Waals surface area contributed by atoms with Crippen LogP contribution in [0.1, 0.15) is 29.9 Å². The zero-order valence-corrected chi connectivity index (χ0v) is 15.1. The fourth-order valence-corrected chi connectivity index (χ4v) is 3.01. The number of tetrazole rings is 1. The molecule has 0 aliphatic heterocycles. The van der Waals surface area contributed by atoms with Crippen molar-refractivity contribution in [2.24, 2.45) is 0 Å². The summed E-state index contributed by atoms with van der Waals surface area (Å²) in [5, 5.41) is 15.2. The maximum Gasteiger partial charge on any atom is 0.231 e. The smallest absolute Gasteiger partial charge is 0.231 e. The zero-order chi connectivity index (χ0) is 17.8. The van der Waals surface area contributed by atoms with Crippen molar-refractivity contribution in [2.45, 2.75) is 32.0 Å². The number of amides is 1. The number of nitrogens with one attached hydrogen (secondary N) is 1. The molecule has 0 aliphatic carbocycles. The van der Waals surface area contributed by atoms with Crippen LogP contribution in [0, 0.1) is 13.8 Å². The van der Waals surface area contributed by atoms with E-state index in [4.69, 9.17) is 4.42 Å². The van der Waals surface area contributed by atoms with Crippen LogP contribution in [0.4, 0.5) is 0 Å². The minimum Gasteiger partial charge on any atom is -0.467 e. The number of nitrogens with zero attached hydrogens (tertiary/aromatic N) is 4. The molecule has 1 aromatic carbocycles. The Morgan fingerprint density at radius 3 is 2.88 bits per heavy atom. The first-order valence-corrected chi connectivity index (χ1v) is 8.84. The van der Waals surface area contributed by atoms with Gasteiger partial charge in [-0.15, -0.1) is 5.10 Å². The molecular weight excluding hydrogens is 338 g/mol. The van der Waals surface area contributed by atoms with Crippen LogP contribution in [0.2, 0.25) is 0 Å². The van der Waals surface area contributed by atoms with Crippen LogP contribution in [0.25, 0.3) is 5.69 Å². The first-order valence-electron chi connectivity index (χ1n) is 7.86. The molecule has 2 aromatic heterocycles. The van der Waals surface area contributed by atoms with Crippen LogP contribution in [-0.4, -0.2) is 31.9 Å². The molecule has 130 valence electrons. The Morgan fingerprint density at radius 2 is 2.16 bits per heavy atom. The minimum absolute atomic E-state index is 0.108. The Hall–Kier alpha value is -2.61. The van der Waals surface area contributed by atoms with E-state index in [9.17, 15) is 4.79 Å². The lowest BCUT2D eigenvalue weighted by atomic mass is 10.1. The number of benzene rings is 1. The number of hydrogen-bond donors (Lipinski definition) is 1. The molecule has 2 heterocycles. The van der Waals surface area contributed by atoms with Crippen LogP contribution in [0.5, 0.6) is 0 Å². The molecule has 3 rings (SSSR count). The summed E-state index contributed by atoms with van der Waals surface area (Å²) in [6.45, 7) is 5.97. The highest BCUT2D eigenvalue weighted by atomic mass is 32.2. The van der Waals surface area contributed by atoms with Crippen molar-refractivity contribution in [1.82, 2.24) is 25.5 Å². The first kappa shape index (κ1) is 17.2. The first-order chi connectivity index (χ1) is 12.0. The van der Waals surface area contributed by atoms with Gasteiger partial charge in [0.05, 0.1) is 23.7 Å². The number of carbonyl (C=O) groups excluding carboxylic acids is 1. The molecule has 0 fully saturated rings. The van der Waals surface area contributed by atoms with Crippen molar-refractivity contribution >= 4 is 17.7 Å². The number of rotatable bonds is 6. The van der Waals surface area contributed by atoms with E-state index >= 15 is 0 Å². The van der Waals surface area contributed by atoms with E-state index in [0.717, 1.165) is 17.0 Å². The largest absolute Gasteiger partial charge is 0.467 e. The molecule has 8 heteroatoms. The highest BCUT2D eigenvalue weighted by molar-refractivity contribution is 7.99.